The summed E-state index contributed by atoms with van der Waals surface area (Å²) in [7, 11) is 0. The highest BCUT2D eigenvalue weighted by Gasteiger charge is 2.30. The first-order chi connectivity index (χ1) is 10.1. The third-order valence-corrected chi connectivity index (χ3v) is 3.68. The van der Waals surface area contributed by atoms with E-state index in [1.165, 1.54) is 0 Å². The van der Waals surface area contributed by atoms with Gasteiger partial charge in [-0.25, -0.2) is 4.79 Å². The van der Waals surface area contributed by atoms with Crippen LogP contribution in [-0.4, -0.2) is 23.7 Å². The molecule has 4 nitrogen and oxygen atoms in total. The quantitative estimate of drug-likeness (QED) is 0.946. The zero-order chi connectivity index (χ0) is 14.8. The number of nitrogens with zero attached hydrogens (tertiary/aromatic N) is 1. The topological polar surface area (TPSA) is 49.8 Å². The van der Waals surface area contributed by atoms with Gasteiger partial charge in [0.1, 0.15) is 5.75 Å². The van der Waals surface area contributed by atoms with E-state index in [9.17, 15) is 9.90 Å². The Kier molecular flexibility index (Phi) is 3.71. The summed E-state index contributed by atoms with van der Waals surface area (Å²) in [6.45, 7) is 0.927. The van der Waals surface area contributed by atoms with Crippen molar-refractivity contribution in [3.63, 3.8) is 0 Å². The minimum atomic E-state index is -0.953. The number of aliphatic carboxylic acids is 1. The van der Waals surface area contributed by atoms with Gasteiger partial charge < -0.3 is 14.7 Å². The molecule has 3 rings (SSSR count). The summed E-state index contributed by atoms with van der Waals surface area (Å²) in [4.78, 5) is 13.3. The maximum Gasteiger partial charge on any atom is 0.346 e. The van der Waals surface area contributed by atoms with Crippen LogP contribution < -0.4 is 9.64 Å². The molecule has 1 aliphatic heterocycles. The molecular weight excluding hydrogens is 290 g/mol. The highest BCUT2D eigenvalue weighted by molar-refractivity contribution is 6.30. The van der Waals surface area contributed by atoms with Gasteiger partial charge in [-0.3, -0.25) is 0 Å². The summed E-state index contributed by atoms with van der Waals surface area (Å²) in [6, 6.07) is 15.0. The van der Waals surface area contributed by atoms with Crippen molar-refractivity contribution in [2.45, 2.75) is 12.6 Å². The molecule has 0 saturated heterocycles. The van der Waals surface area contributed by atoms with E-state index in [2.05, 4.69) is 0 Å². The lowest BCUT2D eigenvalue weighted by Crippen LogP contribution is -2.44. The van der Waals surface area contributed by atoms with E-state index >= 15 is 0 Å². The van der Waals surface area contributed by atoms with Crippen LogP contribution in [0.1, 0.15) is 5.56 Å². The van der Waals surface area contributed by atoms with E-state index in [-0.39, 0.29) is 0 Å². The van der Waals surface area contributed by atoms with Crippen molar-refractivity contribution in [3.8, 4) is 5.75 Å². The molecule has 2 aromatic rings. The maximum atomic E-state index is 11.2. The zero-order valence-corrected chi connectivity index (χ0v) is 12.0. The number of anilines is 1. The Hall–Kier alpha value is -2.20. The number of benzene rings is 2. The number of carbonyl (C=O) groups is 1. The maximum absolute atomic E-state index is 11.2. The SMILES string of the molecule is O=C(O)[C@@H]1CN(Cc2ccc(Cl)cc2)c2ccccc2O1. The summed E-state index contributed by atoms with van der Waals surface area (Å²) in [6.07, 6.45) is -0.854. The number of fused-ring (bicyclic) bond motifs is 1. The molecule has 0 aromatic heterocycles. The highest BCUT2D eigenvalue weighted by Crippen LogP contribution is 2.34. The molecule has 0 fully saturated rings. The van der Waals surface area contributed by atoms with Gasteiger partial charge in [0.2, 0.25) is 6.10 Å². The fraction of sp³-hybridized carbons (Fsp3) is 0.188. The Morgan fingerprint density at radius 1 is 1.24 bits per heavy atom. The third kappa shape index (κ3) is 2.95. The number of carboxylic acids is 1. The molecule has 0 radical (unpaired) electrons. The predicted molar refractivity (Wildman–Crippen MR) is 81.0 cm³/mol. The largest absolute Gasteiger partial charge is 0.478 e. The highest BCUT2D eigenvalue weighted by atomic mass is 35.5. The van der Waals surface area contributed by atoms with Gasteiger partial charge in [0, 0.05) is 11.6 Å². The minimum absolute atomic E-state index is 0.314. The third-order valence-electron chi connectivity index (χ3n) is 3.42. The van der Waals surface area contributed by atoms with E-state index in [0.29, 0.717) is 23.9 Å². The number of para-hydroxylation sites is 2. The zero-order valence-electron chi connectivity index (χ0n) is 11.2. The van der Waals surface area contributed by atoms with Crippen LogP contribution in [0.4, 0.5) is 5.69 Å². The van der Waals surface area contributed by atoms with E-state index in [0.717, 1.165) is 11.3 Å². The Labute approximate surface area is 127 Å². The summed E-state index contributed by atoms with van der Waals surface area (Å²) in [5.41, 5.74) is 1.98. The molecular formula is C16H14ClNO3. The number of hydrogen-bond acceptors (Lipinski definition) is 3. The molecule has 21 heavy (non-hydrogen) atoms. The van der Waals surface area contributed by atoms with Crippen LogP contribution in [0.15, 0.2) is 48.5 Å². The fourth-order valence-corrected chi connectivity index (χ4v) is 2.52. The van der Waals surface area contributed by atoms with Crippen molar-refractivity contribution >= 4 is 23.3 Å². The van der Waals surface area contributed by atoms with Crippen molar-refractivity contribution < 1.29 is 14.6 Å². The van der Waals surface area contributed by atoms with Crippen LogP contribution >= 0.6 is 11.6 Å². The number of ether oxygens (including phenoxy) is 1. The van der Waals surface area contributed by atoms with Crippen LogP contribution in [0.2, 0.25) is 5.02 Å². The van der Waals surface area contributed by atoms with Gasteiger partial charge in [0.05, 0.1) is 12.2 Å². The molecule has 2 aromatic carbocycles. The smallest absolute Gasteiger partial charge is 0.346 e. The number of hydrogen-bond donors (Lipinski definition) is 1. The van der Waals surface area contributed by atoms with Crippen LogP contribution in [0.3, 0.4) is 0 Å². The fourth-order valence-electron chi connectivity index (χ4n) is 2.40. The van der Waals surface area contributed by atoms with Crippen LogP contribution in [0, 0.1) is 0 Å². The second kappa shape index (κ2) is 5.66. The molecule has 1 N–H and O–H groups in total. The van der Waals surface area contributed by atoms with Gasteiger partial charge in [-0.15, -0.1) is 0 Å². The van der Waals surface area contributed by atoms with Crippen molar-refractivity contribution in [2.75, 3.05) is 11.4 Å². The molecule has 0 bridgehead atoms. The second-order valence-corrected chi connectivity index (χ2v) is 5.36. The lowest BCUT2D eigenvalue weighted by molar-refractivity contribution is -0.144. The standard InChI is InChI=1S/C16H14ClNO3/c17-12-7-5-11(6-8-12)9-18-10-15(16(19)20)21-14-4-2-1-3-13(14)18/h1-8,15H,9-10H2,(H,19,20)/t15-/m0/s1. The van der Waals surface area contributed by atoms with Crippen LogP contribution in [0.25, 0.3) is 0 Å². The number of carboxylic acid groups (broad SMARTS) is 1. The van der Waals surface area contributed by atoms with Gasteiger partial charge in [-0.2, -0.15) is 0 Å². The van der Waals surface area contributed by atoms with E-state index in [4.69, 9.17) is 16.3 Å². The lowest BCUT2D eigenvalue weighted by Gasteiger charge is -2.34. The summed E-state index contributed by atoms with van der Waals surface area (Å²) in [5.74, 6) is -0.351. The predicted octanol–water partition coefficient (Wildman–Crippen LogP) is 3.19. The summed E-state index contributed by atoms with van der Waals surface area (Å²) >= 11 is 5.89. The van der Waals surface area contributed by atoms with Gasteiger partial charge >= 0.3 is 5.97 Å². The minimum Gasteiger partial charge on any atom is -0.478 e. The van der Waals surface area contributed by atoms with E-state index in [1.54, 1.807) is 6.07 Å². The molecule has 0 saturated carbocycles. The van der Waals surface area contributed by atoms with Crippen LogP contribution in [-0.2, 0) is 11.3 Å². The van der Waals surface area contributed by atoms with Crippen molar-refractivity contribution in [2.24, 2.45) is 0 Å². The molecule has 108 valence electrons. The summed E-state index contributed by atoms with van der Waals surface area (Å²) < 4.78 is 5.52. The lowest BCUT2D eigenvalue weighted by atomic mass is 10.1. The Bertz CT molecular complexity index is 657. The molecule has 1 aliphatic rings. The van der Waals surface area contributed by atoms with E-state index < -0.39 is 12.1 Å². The van der Waals surface area contributed by atoms with E-state index in [1.807, 2.05) is 47.4 Å². The Morgan fingerprint density at radius 3 is 2.67 bits per heavy atom. The Balaban J connectivity index is 1.89. The first-order valence-corrected chi connectivity index (χ1v) is 6.99. The van der Waals surface area contributed by atoms with Crippen molar-refractivity contribution in [1.82, 2.24) is 0 Å². The van der Waals surface area contributed by atoms with Gasteiger partial charge in [0.25, 0.3) is 0 Å². The molecule has 5 heteroatoms. The van der Waals surface area contributed by atoms with Gasteiger partial charge in [-0.05, 0) is 29.8 Å². The number of halogens is 1. The van der Waals surface area contributed by atoms with Gasteiger partial charge in [0.15, 0.2) is 0 Å². The molecule has 1 heterocycles. The second-order valence-electron chi connectivity index (χ2n) is 4.92. The van der Waals surface area contributed by atoms with Crippen molar-refractivity contribution in [3.05, 3.63) is 59.1 Å². The van der Waals surface area contributed by atoms with Gasteiger partial charge in [-0.1, -0.05) is 35.9 Å². The van der Waals surface area contributed by atoms with Crippen molar-refractivity contribution in [1.29, 1.82) is 0 Å². The molecule has 1 atom stereocenters. The monoisotopic (exact) mass is 303 g/mol. The first kappa shape index (κ1) is 13.8. The average Bonchev–Trinajstić information content (AvgIpc) is 2.49. The van der Waals surface area contributed by atoms with Crippen LogP contribution in [0.5, 0.6) is 5.75 Å². The molecule has 0 aliphatic carbocycles. The first-order valence-electron chi connectivity index (χ1n) is 6.61. The average molecular weight is 304 g/mol. The number of rotatable bonds is 3. The summed E-state index contributed by atoms with van der Waals surface area (Å²) in [5, 5.41) is 9.90. The Morgan fingerprint density at radius 2 is 1.95 bits per heavy atom. The molecule has 0 spiro atoms. The molecule has 0 unspecified atom stereocenters. The normalized spacial score (nSPS) is 17.0. The molecule has 0 amide bonds.